The Labute approximate surface area is 136 Å². The summed E-state index contributed by atoms with van der Waals surface area (Å²) in [4.78, 5) is 0. The fourth-order valence-electron chi connectivity index (χ4n) is 2.38. The summed E-state index contributed by atoms with van der Waals surface area (Å²) in [6.07, 6.45) is 0.938. The predicted molar refractivity (Wildman–Crippen MR) is 90.1 cm³/mol. The number of halogens is 2. The van der Waals surface area contributed by atoms with Crippen LogP contribution in [0.5, 0.6) is 0 Å². The minimum absolute atomic E-state index is 0.461. The van der Waals surface area contributed by atoms with Crippen LogP contribution < -0.4 is 0 Å². The Bertz CT molecular complexity index is 591. The number of hydrogen-bond acceptors (Lipinski definition) is 1. The summed E-state index contributed by atoms with van der Waals surface area (Å²) in [5.41, 5.74) is 3.06. The molecule has 1 unspecified atom stereocenters. The molecule has 0 saturated heterocycles. The van der Waals surface area contributed by atoms with E-state index < -0.39 is 6.10 Å². The first kappa shape index (κ1) is 16.4. The molecule has 2 aromatic rings. The molecule has 21 heavy (non-hydrogen) atoms. The molecule has 0 aliphatic heterocycles. The maximum Gasteiger partial charge on any atom is 0.0830 e. The van der Waals surface area contributed by atoms with Gasteiger partial charge < -0.3 is 5.11 Å². The Hall–Kier alpha value is -1.02. The first-order valence-corrected chi connectivity index (χ1v) is 7.92. The molecule has 1 nitrogen and oxygen atoms in total. The van der Waals surface area contributed by atoms with E-state index in [4.69, 9.17) is 23.2 Å². The highest BCUT2D eigenvalue weighted by atomic mass is 35.5. The number of benzene rings is 2. The van der Waals surface area contributed by atoms with E-state index in [1.807, 2.05) is 24.3 Å². The molecule has 0 heterocycles. The Morgan fingerprint density at radius 3 is 2.24 bits per heavy atom. The molecule has 0 radical (unpaired) electrons. The van der Waals surface area contributed by atoms with Gasteiger partial charge in [-0.3, -0.25) is 0 Å². The second kappa shape index (κ2) is 7.31. The van der Waals surface area contributed by atoms with Gasteiger partial charge in [-0.1, -0.05) is 73.4 Å². The van der Waals surface area contributed by atoms with Gasteiger partial charge in [-0.15, -0.1) is 0 Å². The highest BCUT2D eigenvalue weighted by Crippen LogP contribution is 2.29. The third kappa shape index (κ3) is 4.47. The quantitative estimate of drug-likeness (QED) is 0.774. The molecule has 2 rings (SSSR count). The van der Waals surface area contributed by atoms with Crippen molar-refractivity contribution in [3.05, 3.63) is 69.2 Å². The highest BCUT2D eigenvalue weighted by molar-refractivity contribution is 6.42. The van der Waals surface area contributed by atoms with E-state index in [-0.39, 0.29) is 0 Å². The molecule has 0 aliphatic carbocycles. The van der Waals surface area contributed by atoms with Gasteiger partial charge in [0, 0.05) is 6.42 Å². The fourth-order valence-corrected chi connectivity index (χ4v) is 2.78. The molecule has 0 bridgehead atoms. The Morgan fingerprint density at radius 2 is 1.62 bits per heavy atom. The molecule has 0 fully saturated rings. The lowest BCUT2D eigenvalue weighted by Gasteiger charge is -2.14. The van der Waals surface area contributed by atoms with Crippen LogP contribution in [0.25, 0.3) is 0 Å². The van der Waals surface area contributed by atoms with E-state index in [1.165, 1.54) is 5.56 Å². The van der Waals surface area contributed by atoms with Crippen molar-refractivity contribution in [3.8, 4) is 0 Å². The maximum absolute atomic E-state index is 10.4. The molecule has 0 aliphatic rings. The van der Waals surface area contributed by atoms with Gasteiger partial charge in [0.05, 0.1) is 16.1 Å². The van der Waals surface area contributed by atoms with Crippen LogP contribution in [-0.4, -0.2) is 5.11 Å². The third-order valence-corrected chi connectivity index (χ3v) is 4.31. The van der Waals surface area contributed by atoms with Crippen molar-refractivity contribution in [2.24, 2.45) is 5.92 Å². The van der Waals surface area contributed by atoms with Crippen LogP contribution in [0.2, 0.25) is 10.0 Å². The zero-order chi connectivity index (χ0) is 15.4. The van der Waals surface area contributed by atoms with Crippen molar-refractivity contribution in [2.75, 3.05) is 0 Å². The minimum atomic E-state index is -0.575. The van der Waals surface area contributed by atoms with Crippen LogP contribution in [-0.2, 0) is 12.8 Å². The summed E-state index contributed by atoms with van der Waals surface area (Å²) < 4.78 is 0. The molecule has 0 aromatic heterocycles. The number of rotatable bonds is 5. The molecule has 3 heteroatoms. The lowest BCUT2D eigenvalue weighted by molar-refractivity contribution is 0.178. The zero-order valence-corrected chi connectivity index (χ0v) is 13.8. The Kier molecular flexibility index (Phi) is 5.69. The first-order valence-electron chi connectivity index (χ1n) is 7.17. The van der Waals surface area contributed by atoms with Gasteiger partial charge in [0.1, 0.15) is 0 Å². The smallest absolute Gasteiger partial charge is 0.0830 e. The van der Waals surface area contributed by atoms with Gasteiger partial charge in [-0.2, -0.15) is 0 Å². The van der Waals surface area contributed by atoms with Crippen molar-refractivity contribution in [3.63, 3.8) is 0 Å². The van der Waals surface area contributed by atoms with Gasteiger partial charge in [-0.25, -0.2) is 0 Å². The molecule has 2 aromatic carbocycles. The van der Waals surface area contributed by atoms with Crippen LogP contribution in [0.3, 0.4) is 0 Å². The topological polar surface area (TPSA) is 20.2 Å². The summed E-state index contributed by atoms with van der Waals surface area (Å²) in [5, 5.41) is 11.4. The predicted octanol–water partition coefficient (Wildman–Crippen LogP) is 5.47. The van der Waals surface area contributed by atoms with Crippen molar-refractivity contribution in [1.29, 1.82) is 0 Å². The Morgan fingerprint density at radius 1 is 0.952 bits per heavy atom. The van der Waals surface area contributed by atoms with Gasteiger partial charge in [0.25, 0.3) is 0 Å². The average molecular weight is 323 g/mol. The summed E-state index contributed by atoms with van der Waals surface area (Å²) in [7, 11) is 0. The monoisotopic (exact) mass is 322 g/mol. The van der Waals surface area contributed by atoms with Gasteiger partial charge in [0.15, 0.2) is 0 Å². The SMILES string of the molecule is CC(C)Cc1ccc(C(O)Cc2cccc(Cl)c2Cl)cc1. The highest BCUT2D eigenvalue weighted by Gasteiger charge is 2.12. The van der Waals surface area contributed by atoms with Gasteiger partial charge in [0.2, 0.25) is 0 Å². The first-order chi connectivity index (χ1) is 9.97. The summed E-state index contributed by atoms with van der Waals surface area (Å²) in [6.45, 7) is 4.40. The summed E-state index contributed by atoms with van der Waals surface area (Å²) >= 11 is 12.2. The number of aliphatic hydroxyl groups excluding tert-OH is 1. The van der Waals surface area contributed by atoms with E-state index in [0.717, 1.165) is 17.5 Å². The Balaban J connectivity index is 2.09. The van der Waals surface area contributed by atoms with Crippen LogP contribution in [0.1, 0.15) is 36.6 Å². The second-order valence-corrected chi connectivity index (χ2v) is 6.56. The molecule has 1 atom stereocenters. The van der Waals surface area contributed by atoms with Crippen LogP contribution in [0.15, 0.2) is 42.5 Å². The number of aliphatic hydroxyl groups is 1. The molecular formula is C18H20Cl2O. The normalized spacial score (nSPS) is 12.7. The van der Waals surface area contributed by atoms with Crippen molar-refractivity contribution in [2.45, 2.75) is 32.8 Å². The second-order valence-electron chi connectivity index (χ2n) is 5.77. The van der Waals surface area contributed by atoms with Crippen molar-refractivity contribution >= 4 is 23.2 Å². The number of hydrogen-bond donors (Lipinski definition) is 1. The van der Waals surface area contributed by atoms with E-state index in [2.05, 4.69) is 26.0 Å². The fraction of sp³-hybridized carbons (Fsp3) is 0.333. The van der Waals surface area contributed by atoms with Crippen molar-refractivity contribution < 1.29 is 5.11 Å². The molecule has 0 saturated carbocycles. The van der Waals surface area contributed by atoms with Crippen molar-refractivity contribution in [1.82, 2.24) is 0 Å². The summed E-state index contributed by atoms with van der Waals surface area (Å²) in [5.74, 6) is 0.631. The van der Waals surface area contributed by atoms with E-state index >= 15 is 0 Å². The van der Waals surface area contributed by atoms with Crippen LogP contribution >= 0.6 is 23.2 Å². The van der Waals surface area contributed by atoms with Crippen LogP contribution in [0, 0.1) is 5.92 Å². The average Bonchev–Trinajstić information content (AvgIpc) is 2.44. The largest absolute Gasteiger partial charge is 0.388 e. The van der Waals surface area contributed by atoms with Gasteiger partial charge >= 0.3 is 0 Å². The standard InChI is InChI=1S/C18H20Cl2O/c1-12(2)10-13-6-8-14(9-7-13)17(21)11-15-4-3-5-16(19)18(15)20/h3-9,12,17,21H,10-11H2,1-2H3. The molecular weight excluding hydrogens is 303 g/mol. The van der Waals surface area contributed by atoms with Crippen LogP contribution in [0.4, 0.5) is 0 Å². The zero-order valence-electron chi connectivity index (χ0n) is 12.3. The maximum atomic E-state index is 10.4. The minimum Gasteiger partial charge on any atom is -0.388 e. The molecule has 112 valence electrons. The lowest BCUT2D eigenvalue weighted by Crippen LogP contribution is -2.03. The molecule has 0 amide bonds. The van der Waals surface area contributed by atoms with E-state index in [9.17, 15) is 5.11 Å². The molecule has 1 N–H and O–H groups in total. The van der Waals surface area contributed by atoms with E-state index in [1.54, 1.807) is 6.07 Å². The molecule has 0 spiro atoms. The third-order valence-electron chi connectivity index (χ3n) is 3.45. The van der Waals surface area contributed by atoms with E-state index in [0.29, 0.717) is 22.4 Å². The summed E-state index contributed by atoms with van der Waals surface area (Å²) in [6, 6.07) is 13.6. The van der Waals surface area contributed by atoms with Gasteiger partial charge in [-0.05, 0) is 35.1 Å². The lowest BCUT2D eigenvalue weighted by atomic mass is 9.97.